The van der Waals surface area contributed by atoms with Crippen molar-refractivity contribution < 1.29 is 9.21 Å². The van der Waals surface area contributed by atoms with E-state index in [-0.39, 0.29) is 18.4 Å². The highest BCUT2D eigenvalue weighted by Crippen LogP contribution is 2.28. The Morgan fingerprint density at radius 3 is 2.93 bits per heavy atom. The number of rotatable bonds is 3. The monoisotopic (exact) mass is 381 g/mol. The van der Waals surface area contributed by atoms with Crippen molar-refractivity contribution in [3.8, 4) is 11.5 Å². The molecule has 0 radical (unpaired) electrons. The molecule has 2 aromatic heterocycles. The van der Waals surface area contributed by atoms with Gasteiger partial charge in [0, 0.05) is 42.8 Å². The van der Waals surface area contributed by atoms with E-state index in [1.807, 2.05) is 40.8 Å². The Morgan fingerprint density at radius 2 is 2.15 bits per heavy atom. The Labute approximate surface area is 163 Å². The number of carbonyl (C=O) groups is 1. The standard InChI is InChI=1S/C21H23N3O2S/c1-14-11-23(3)19-7-5-4-6-16(19)12-24(14)20(25)10-18-15(2)26-21(22-18)17-8-9-27-13-17/h4-9,13-14H,10-12H2,1-3H3. The van der Waals surface area contributed by atoms with Crippen LogP contribution in [-0.4, -0.2) is 35.4 Å². The third kappa shape index (κ3) is 3.49. The van der Waals surface area contributed by atoms with Crippen molar-refractivity contribution in [1.29, 1.82) is 0 Å². The Morgan fingerprint density at radius 1 is 1.33 bits per heavy atom. The molecule has 0 spiro atoms. The van der Waals surface area contributed by atoms with Crippen molar-refractivity contribution in [2.24, 2.45) is 0 Å². The normalized spacial score (nSPS) is 16.9. The van der Waals surface area contributed by atoms with E-state index >= 15 is 0 Å². The Kier molecular flexibility index (Phi) is 4.74. The van der Waals surface area contributed by atoms with Crippen LogP contribution in [0.25, 0.3) is 11.5 Å². The molecule has 4 rings (SSSR count). The van der Waals surface area contributed by atoms with E-state index in [0.717, 1.165) is 17.8 Å². The molecule has 1 aliphatic rings. The van der Waals surface area contributed by atoms with Gasteiger partial charge in [0.2, 0.25) is 11.8 Å². The second-order valence-corrected chi connectivity index (χ2v) is 7.87. The summed E-state index contributed by atoms with van der Waals surface area (Å²) in [6.45, 7) is 5.41. The fourth-order valence-corrected chi connectivity index (χ4v) is 4.26. The maximum Gasteiger partial charge on any atom is 0.229 e. The molecule has 0 saturated heterocycles. The maximum atomic E-state index is 13.1. The summed E-state index contributed by atoms with van der Waals surface area (Å²) in [7, 11) is 2.08. The molecule has 3 heterocycles. The minimum atomic E-state index is 0.0841. The maximum absolute atomic E-state index is 13.1. The van der Waals surface area contributed by atoms with Crippen LogP contribution in [0.4, 0.5) is 5.69 Å². The van der Waals surface area contributed by atoms with Crippen LogP contribution in [0.2, 0.25) is 0 Å². The van der Waals surface area contributed by atoms with Gasteiger partial charge < -0.3 is 14.2 Å². The molecule has 1 amide bonds. The first-order valence-corrected chi connectivity index (χ1v) is 10.0. The minimum absolute atomic E-state index is 0.0841. The fraction of sp³-hybridized carbons (Fsp3) is 0.333. The lowest BCUT2D eigenvalue weighted by molar-refractivity contribution is -0.132. The number of amides is 1. The molecule has 0 saturated carbocycles. The minimum Gasteiger partial charge on any atom is -0.441 e. The van der Waals surface area contributed by atoms with Gasteiger partial charge >= 0.3 is 0 Å². The van der Waals surface area contributed by atoms with Gasteiger partial charge in [0.05, 0.1) is 12.1 Å². The van der Waals surface area contributed by atoms with Crippen LogP contribution in [0.3, 0.4) is 0 Å². The molecule has 3 aromatic rings. The van der Waals surface area contributed by atoms with Gasteiger partial charge in [0.1, 0.15) is 5.76 Å². The van der Waals surface area contributed by atoms with Gasteiger partial charge in [-0.05, 0) is 36.9 Å². The topological polar surface area (TPSA) is 49.6 Å². The van der Waals surface area contributed by atoms with Gasteiger partial charge in [-0.2, -0.15) is 11.3 Å². The molecule has 0 fully saturated rings. The van der Waals surface area contributed by atoms with Crippen molar-refractivity contribution in [2.45, 2.75) is 32.9 Å². The number of hydrogen-bond donors (Lipinski definition) is 0. The number of likely N-dealkylation sites (N-methyl/N-ethyl adjacent to an activating group) is 1. The lowest BCUT2D eigenvalue weighted by atomic mass is 10.1. The van der Waals surface area contributed by atoms with Gasteiger partial charge in [0.25, 0.3) is 0 Å². The number of oxazole rings is 1. The van der Waals surface area contributed by atoms with Crippen LogP contribution in [0.15, 0.2) is 45.5 Å². The predicted molar refractivity (Wildman–Crippen MR) is 108 cm³/mol. The van der Waals surface area contributed by atoms with Crippen LogP contribution < -0.4 is 4.90 Å². The molecular weight excluding hydrogens is 358 g/mol. The van der Waals surface area contributed by atoms with Crippen molar-refractivity contribution >= 4 is 22.9 Å². The first kappa shape index (κ1) is 17.8. The molecule has 6 heteroatoms. The van der Waals surface area contributed by atoms with Crippen LogP contribution >= 0.6 is 11.3 Å². The molecule has 0 N–H and O–H groups in total. The molecule has 1 aromatic carbocycles. The number of para-hydroxylation sites is 1. The molecule has 0 bridgehead atoms. The summed E-state index contributed by atoms with van der Waals surface area (Å²) >= 11 is 1.60. The fourth-order valence-electron chi connectivity index (χ4n) is 3.63. The van der Waals surface area contributed by atoms with Crippen LogP contribution in [0.1, 0.15) is 23.9 Å². The number of anilines is 1. The lowest BCUT2D eigenvalue weighted by Gasteiger charge is -2.28. The summed E-state index contributed by atoms with van der Waals surface area (Å²) < 4.78 is 5.79. The Bertz CT molecular complexity index is 948. The highest BCUT2D eigenvalue weighted by Gasteiger charge is 2.28. The summed E-state index contributed by atoms with van der Waals surface area (Å²) in [6.07, 6.45) is 0.260. The summed E-state index contributed by atoms with van der Waals surface area (Å²) in [5.74, 6) is 1.39. The molecular formula is C21H23N3O2S. The van der Waals surface area contributed by atoms with E-state index in [2.05, 4.69) is 36.0 Å². The zero-order valence-electron chi connectivity index (χ0n) is 15.8. The molecule has 1 unspecified atom stereocenters. The molecule has 140 valence electrons. The lowest BCUT2D eigenvalue weighted by Crippen LogP contribution is -2.42. The molecule has 27 heavy (non-hydrogen) atoms. The highest BCUT2D eigenvalue weighted by molar-refractivity contribution is 7.08. The van der Waals surface area contributed by atoms with E-state index in [0.29, 0.717) is 18.2 Å². The van der Waals surface area contributed by atoms with Crippen LogP contribution in [-0.2, 0) is 17.8 Å². The molecule has 5 nitrogen and oxygen atoms in total. The average molecular weight is 382 g/mol. The number of carbonyl (C=O) groups excluding carboxylic acids is 1. The summed E-state index contributed by atoms with van der Waals surface area (Å²) in [5, 5.41) is 3.99. The number of hydrogen-bond acceptors (Lipinski definition) is 5. The number of aromatic nitrogens is 1. The summed E-state index contributed by atoms with van der Waals surface area (Å²) in [6, 6.07) is 10.4. The number of aryl methyl sites for hydroxylation is 1. The molecule has 1 atom stereocenters. The Hall–Kier alpha value is -2.60. The molecule has 0 aliphatic carbocycles. The predicted octanol–water partition coefficient (Wildman–Crippen LogP) is 4.12. The first-order valence-electron chi connectivity index (χ1n) is 9.10. The van der Waals surface area contributed by atoms with Crippen LogP contribution in [0, 0.1) is 6.92 Å². The van der Waals surface area contributed by atoms with E-state index in [9.17, 15) is 4.79 Å². The summed E-state index contributed by atoms with van der Waals surface area (Å²) in [5.41, 5.74) is 4.05. The largest absolute Gasteiger partial charge is 0.441 e. The van der Waals surface area contributed by atoms with Gasteiger partial charge in [-0.25, -0.2) is 4.98 Å². The van der Waals surface area contributed by atoms with Crippen molar-refractivity contribution in [3.63, 3.8) is 0 Å². The van der Waals surface area contributed by atoms with Crippen molar-refractivity contribution in [2.75, 3.05) is 18.5 Å². The van der Waals surface area contributed by atoms with Gasteiger partial charge in [-0.1, -0.05) is 18.2 Å². The van der Waals surface area contributed by atoms with Gasteiger partial charge in [-0.3, -0.25) is 4.79 Å². The second-order valence-electron chi connectivity index (χ2n) is 7.09. The van der Waals surface area contributed by atoms with E-state index in [1.165, 1.54) is 11.3 Å². The number of thiophene rings is 1. The zero-order valence-corrected chi connectivity index (χ0v) is 16.6. The Balaban J connectivity index is 1.56. The van der Waals surface area contributed by atoms with Crippen LogP contribution in [0.5, 0.6) is 0 Å². The average Bonchev–Trinajstić information content (AvgIpc) is 3.27. The first-order chi connectivity index (χ1) is 13.0. The number of nitrogens with zero attached hydrogens (tertiary/aromatic N) is 3. The quantitative estimate of drug-likeness (QED) is 0.685. The van der Waals surface area contributed by atoms with Crippen molar-refractivity contribution in [1.82, 2.24) is 9.88 Å². The van der Waals surface area contributed by atoms with Gasteiger partial charge in [-0.15, -0.1) is 0 Å². The second kappa shape index (κ2) is 7.19. The van der Waals surface area contributed by atoms with E-state index < -0.39 is 0 Å². The zero-order chi connectivity index (χ0) is 19.0. The van der Waals surface area contributed by atoms with Crippen molar-refractivity contribution in [3.05, 3.63) is 58.1 Å². The SMILES string of the molecule is Cc1oc(-c2ccsc2)nc1CC(=O)N1Cc2ccccc2N(C)CC1C. The van der Waals surface area contributed by atoms with E-state index in [1.54, 1.807) is 11.3 Å². The smallest absolute Gasteiger partial charge is 0.229 e. The summed E-state index contributed by atoms with van der Waals surface area (Å²) in [4.78, 5) is 21.9. The third-order valence-corrected chi connectivity index (χ3v) is 5.80. The number of benzene rings is 1. The number of fused-ring (bicyclic) bond motifs is 1. The van der Waals surface area contributed by atoms with E-state index in [4.69, 9.17) is 4.42 Å². The van der Waals surface area contributed by atoms with Gasteiger partial charge in [0.15, 0.2) is 0 Å². The molecule has 1 aliphatic heterocycles. The highest BCUT2D eigenvalue weighted by atomic mass is 32.1. The third-order valence-electron chi connectivity index (χ3n) is 5.11.